The van der Waals surface area contributed by atoms with E-state index in [1.807, 2.05) is 13.2 Å². The fraction of sp³-hybridized carbons (Fsp3) is 1.00. The molecule has 0 bridgehead atoms. The molecule has 0 amide bonds. The summed E-state index contributed by atoms with van der Waals surface area (Å²) in [5.74, 6) is 0. The molecule has 0 aromatic heterocycles. The Balaban J connectivity index is 3.61. The minimum Gasteiger partial charge on any atom is -0.395 e. The lowest BCUT2D eigenvalue weighted by Gasteiger charge is -2.21. The van der Waals surface area contributed by atoms with Crippen molar-refractivity contribution in [3.05, 3.63) is 0 Å². The molecular formula is C8H19NO2S. The van der Waals surface area contributed by atoms with Crippen molar-refractivity contribution < 1.29 is 10.2 Å². The van der Waals surface area contributed by atoms with Crippen LogP contribution in [0.5, 0.6) is 0 Å². The third-order valence-corrected chi connectivity index (χ3v) is 2.94. The molecule has 0 radical (unpaired) electrons. The van der Waals surface area contributed by atoms with Crippen LogP contribution < -0.4 is 5.32 Å². The zero-order valence-electron chi connectivity index (χ0n) is 7.95. The average molecular weight is 193 g/mol. The number of aliphatic hydroxyl groups excluding tert-OH is 2. The van der Waals surface area contributed by atoms with E-state index in [0.717, 1.165) is 0 Å². The highest BCUT2D eigenvalue weighted by Gasteiger charge is 2.14. The maximum Gasteiger partial charge on any atom is 0.0636 e. The van der Waals surface area contributed by atoms with Crippen LogP contribution in [0.1, 0.15) is 13.8 Å². The summed E-state index contributed by atoms with van der Waals surface area (Å²) in [6.45, 7) is 4.51. The standard InChI is InChI=1S/C8H19NO2S/c1-6(11)4-9-7(2)8(5-10)12-3/h6-11H,4-5H2,1-3H3/t6-,7?,8?/m0/s1. The summed E-state index contributed by atoms with van der Waals surface area (Å²) in [5.41, 5.74) is 0. The van der Waals surface area contributed by atoms with Crippen molar-refractivity contribution in [1.29, 1.82) is 0 Å². The van der Waals surface area contributed by atoms with E-state index in [1.165, 1.54) is 0 Å². The van der Waals surface area contributed by atoms with Gasteiger partial charge in [-0.25, -0.2) is 0 Å². The molecule has 0 saturated carbocycles. The molecule has 0 aromatic rings. The predicted octanol–water partition coefficient (Wildman–Crippen LogP) is 0.0692. The van der Waals surface area contributed by atoms with Gasteiger partial charge in [-0.1, -0.05) is 0 Å². The summed E-state index contributed by atoms with van der Waals surface area (Å²) in [6, 6.07) is 0.236. The third kappa shape index (κ3) is 4.98. The van der Waals surface area contributed by atoms with Gasteiger partial charge >= 0.3 is 0 Å². The van der Waals surface area contributed by atoms with E-state index in [-0.39, 0.29) is 24.0 Å². The van der Waals surface area contributed by atoms with Crippen molar-refractivity contribution in [3.63, 3.8) is 0 Å². The van der Waals surface area contributed by atoms with Gasteiger partial charge in [0.05, 0.1) is 12.7 Å². The average Bonchev–Trinajstić information content (AvgIpc) is 2.03. The van der Waals surface area contributed by atoms with Gasteiger partial charge in [0, 0.05) is 17.8 Å². The molecule has 0 aliphatic heterocycles. The monoisotopic (exact) mass is 193 g/mol. The molecule has 0 aliphatic carbocycles. The van der Waals surface area contributed by atoms with E-state index >= 15 is 0 Å². The Bertz CT molecular complexity index is 107. The molecule has 0 aliphatic rings. The molecule has 0 saturated heterocycles. The number of thioether (sulfide) groups is 1. The molecule has 3 nitrogen and oxygen atoms in total. The van der Waals surface area contributed by atoms with Crippen molar-refractivity contribution in [2.45, 2.75) is 31.2 Å². The minimum atomic E-state index is -0.325. The van der Waals surface area contributed by atoms with Gasteiger partial charge in [-0.2, -0.15) is 11.8 Å². The second kappa shape index (κ2) is 6.71. The zero-order valence-corrected chi connectivity index (χ0v) is 8.77. The van der Waals surface area contributed by atoms with E-state index in [9.17, 15) is 0 Å². The first-order valence-corrected chi connectivity index (χ1v) is 5.45. The fourth-order valence-corrected chi connectivity index (χ4v) is 1.58. The third-order valence-electron chi connectivity index (χ3n) is 1.78. The first kappa shape index (κ1) is 12.2. The molecule has 0 spiro atoms. The number of nitrogens with one attached hydrogen (secondary N) is 1. The molecule has 0 rings (SSSR count). The first-order valence-electron chi connectivity index (χ1n) is 4.17. The number of hydrogen-bond donors (Lipinski definition) is 3. The molecule has 0 fully saturated rings. The van der Waals surface area contributed by atoms with Crippen molar-refractivity contribution in [3.8, 4) is 0 Å². The normalized spacial score (nSPS) is 18.8. The van der Waals surface area contributed by atoms with Crippen molar-refractivity contribution in [2.75, 3.05) is 19.4 Å². The molecule has 3 N–H and O–H groups in total. The minimum absolute atomic E-state index is 0.176. The predicted molar refractivity (Wildman–Crippen MR) is 53.5 cm³/mol. The number of aliphatic hydroxyl groups is 2. The van der Waals surface area contributed by atoms with Gasteiger partial charge < -0.3 is 15.5 Å². The van der Waals surface area contributed by atoms with Gasteiger partial charge in [-0.15, -0.1) is 0 Å². The quantitative estimate of drug-likeness (QED) is 0.559. The maximum atomic E-state index is 9.00. The summed E-state index contributed by atoms with van der Waals surface area (Å²) < 4.78 is 0. The van der Waals surface area contributed by atoms with Gasteiger partial charge in [-0.05, 0) is 20.1 Å². The zero-order chi connectivity index (χ0) is 9.56. The van der Waals surface area contributed by atoms with Crippen molar-refractivity contribution in [2.24, 2.45) is 0 Å². The number of rotatable bonds is 6. The van der Waals surface area contributed by atoms with E-state index in [1.54, 1.807) is 18.7 Å². The molecule has 0 aromatic carbocycles. The van der Waals surface area contributed by atoms with E-state index in [0.29, 0.717) is 6.54 Å². The van der Waals surface area contributed by atoms with E-state index < -0.39 is 0 Å². The van der Waals surface area contributed by atoms with Crippen LogP contribution in [-0.2, 0) is 0 Å². The Hall–Kier alpha value is 0.230. The summed E-state index contributed by atoms with van der Waals surface area (Å²) in [5, 5.41) is 21.3. The Kier molecular flexibility index (Phi) is 6.84. The molecular weight excluding hydrogens is 174 g/mol. The second-order valence-corrected chi connectivity index (χ2v) is 4.08. The smallest absolute Gasteiger partial charge is 0.0636 e. The molecule has 2 unspecified atom stereocenters. The lowest BCUT2D eigenvalue weighted by molar-refractivity contribution is 0.183. The van der Waals surface area contributed by atoms with Gasteiger partial charge in [0.2, 0.25) is 0 Å². The van der Waals surface area contributed by atoms with Crippen molar-refractivity contribution >= 4 is 11.8 Å². The van der Waals surface area contributed by atoms with Gasteiger partial charge in [-0.3, -0.25) is 0 Å². The van der Waals surface area contributed by atoms with Crippen LogP contribution in [0.2, 0.25) is 0 Å². The Morgan fingerprint density at radius 2 is 2.00 bits per heavy atom. The van der Waals surface area contributed by atoms with Crippen LogP contribution in [0.15, 0.2) is 0 Å². The first-order chi connectivity index (χ1) is 5.61. The Morgan fingerprint density at radius 1 is 1.42 bits per heavy atom. The second-order valence-electron chi connectivity index (χ2n) is 3.00. The Morgan fingerprint density at radius 3 is 2.33 bits per heavy atom. The van der Waals surface area contributed by atoms with Gasteiger partial charge in [0.15, 0.2) is 0 Å². The van der Waals surface area contributed by atoms with Crippen LogP contribution in [0.4, 0.5) is 0 Å². The van der Waals surface area contributed by atoms with Crippen LogP contribution in [-0.4, -0.2) is 47.0 Å². The molecule has 74 valence electrons. The van der Waals surface area contributed by atoms with Gasteiger partial charge in [0.1, 0.15) is 0 Å². The molecule has 4 heteroatoms. The maximum absolute atomic E-state index is 9.00. The van der Waals surface area contributed by atoms with Crippen LogP contribution in [0, 0.1) is 0 Å². The Labute approximate surface area is 78.6 Å². The number of hydrogen-bond acceptors (Lipinski definition) is 4. The summed E-state index contributed by atoms with van der Waals surface area (Å²) >= 11 is 1.64. The highest BCUT2D eigenvalue weighted by Crippen LogP contribution is 2.09. The van der Waals surface area contributed by atoms with Crippen LogP contribution >= 0.6 is 11.8 Å². The largest absolute Gasteiger partial charge is 0.395 e. The van der Waals surface area contributed by atoms with Crippen molar-refractivity contribution in [1.82, 2.24) is 5.32 Å². The van der Waals surface area contributed by atoms with Crippen LogP contribution in [0.25, 0.3) is 0 Å². The highest BCUT2D eigenvalue weighted by molar-refractivity contribution is 7.99. The lowest BCUT2D eigenvalue weighted by Crippen LogP contribution is -2.40. The topological polar surface area (TPSA) is 52.5 Å². The summed E-state index contributed by atoms with van der Waals surface area (Å²) in [4.78, 5) is 0. The molecule has 3 atom stereocenters. The van der Waals surface area contributed by atoms with E-state index in [4.69, 9.17) is 10.2 Å². The van der Waals surface area contributed by atoms with Gasteiger partial charge in [0.25, 0.3) is 0 Å². The molecule has 12 heavy (non-hydrogen) atoms. The summed E-state index contributed by atoms with van der Waals surface area (Å²) in [7, 11) is 0. The van der Waals surface area contributed by atoms with Crippen LogP contribution in [0.3, 0.4) is 0 Å². The highest BCUT2D eigenvalue weighted by atomic mass is 32.2. The van der Waals surface area contributed by atoms with E-state index in [2.05, 4.69) is 5.32 Å². The lowest BCUT2D eigenvalue weighted by atomic mass is 10.2. The summed E-state index contributed by atoms with van der Waals surface area (Å²) in [6.07, 6.45) is 1.65. The fourth-order valence-electron chi connectivity index (χ4n) is 0.925. The SMILES string of the molecule is CSC(CO)C(C)NC[C@H](C)O. The molecule has 0 heterocycles.